The van der Waals surface area contributed by atoms with Gasteiger partial charge in [-0.25, -0.2) is 0 Å². The standard InChI is InChI=1S/C48H78O8/c1-27(7-13-39(52)53)31-9-11-33-41-35(16-18-44(31,33)4)43(3)21-22-48(56,24-29(43)23-37(41)50)47-25-30(49)15-20-46(47,6)36-17-19-45(5)32(28(2)8-14-40(54)55)10-12-34(45)42(36)38(51)26-47/h27-38,41-42,49-51,56H,7-26H2,1-6H3,(H,52,53)(H,54,55)/t27-,28-,29?,30+,31-,32-,33?,34+,35?,36+,37?,38+,41?,42+,43+,44-,45-,46-,47?,48?/m1/s1. The molecule has 0 radical (unpaired) electrons. The molecule has 7 unspecified atom stereocenters. The van der Waals surface area contributed by atoms with Gasteiger partial charge in [0.15, 0.2) is 0 Å². The van der Waals surface area contributed by atoms with Crippen molar-refractivity contribution in [1.29, 1.82) is 0 Å². The van der Waals surface area contributed by atoms with Crippen molar-refractivity contribution in [1.82, 2.24) is 0 Å². The highest BCUT2D eigenvalue weighted by Crippen LogP contribution is 2.77. The monoisotopic (exact) mass is 783 g/mol. The molecule has 0 bridgehead atoms. The van der Waals surface area contributed by atoms with Gasteiger partial charge < -0.3 is 30.6 Å². The Balaban J connectivity index is 1.05. The number of rotatable bonds is 9. The Bertz CT molecular complexity index is 1520. The number of aliphatic hydroxyl groups is 4. The molecule has 8 fully saturated rings. The van der Waals surface area contributed by atoms with Crippen molar-refractivity contribution >= 4 is 11.9 Å². The molecule has 8 heteroatoms. The highest BCUT2D eigenvalue weighted by Gasteiger charge is 2.74. The van der Waals surface area contributed by atoms with Crippen LogP contribution in [0.5, 0.6) is 0 Å². The first kappa shape index (κ1) is 41.5. The Labute approximate surface area is 337 Å². The summed E-state index contributed by atoms with van der Waals surface area (Å²) in [6.07, 6.45) is 14.8. The summed E-state index contributed by atoms with van der Waals surface area (Å²) in [6.45, 7) is 14.3. The minimum absolute atomic E-state index is 0.0173. The molecule has 8 nitrogen and oxygen atoms in total. The predicted octanol–water partition coefficient (Wildman–Crippen LogP) is 8.71. The second-order valence-corrected chi connectivity index (χ2v) is 23.3. The van der Waals surface area contributed by atoms with Crippen LogP contribution in [0.3, 0.4) is 0 Å². The Morgan fingerprint density at radius 2 is 1.11 bits per heavy atom. The van der Waals surface area contributed by atoms with Crippen LogP contribution in [0, 0.1) is 92.2 Å². The maximum absolute atomic E-state index is 13.5. The maximum atomic E-state index is 13.5. The van der Waals surface area contributed by atoms with Gasteiger partial charge in [-0.2, -0.15) is 0 Å². The van der Waals surface area contributed by atoms with Crippen molar-refractivity contribution in [2.45, 2.75) is 194 Å². The fourth-order valence-corrected chi connectivity index (χ4v) is 18.9. The average molecular weight is 783 g/mol. The number of aliphatic hydroxyl groups excluding tert-OH is 3. The number of carbonyl (C=O) groups is 2. The molecule has 8 rings (SSSR count). The summed E-state index contributed by atoms with van der Waals surface area (Å²) in [6, 6.07) is 0. The van der Waals surface area contributed by atoms with E-state index in [0.717, 1.165) is 77.0 Å². The first-order chi connectivity index (χ1) is 26.2. The molecular weight excluding hydrogens is 705 g/mol. The van der Waals surface area contributed by atoms with Crippen molar-refractivity contribution in [3.05, 3.63) is 0 Å². The lowest BCUT2D eigenvalue weighted by Gasteiger charge is -2.73. The van der Waals surface area contributed by atoms with E-state index in [1.807, 2.05) is 0 Å². The largest absolute Gasteiger partial charge is 0.481 e. The lowest BCUT2D eigenvalue weighted by molar-refractivity contribution is -0.298. The second kappa shape index (κ2) is 14.2. The molecule has 8 aliphatic rings. The summed E-state index contributed by atoms with van der Waals surface area (Å²) in [5.41, 5.74) is -1.63. The molecular formula is C48H78O8. The van der Waals surface area contributed by atoms with Gasteiger partial charge in [-0.3, -0.25) is 9.59 Å². The molecule has 8 saturated carbocycles. The van der Waals surface area contributed by atoms with Crippen molar-refractivity contribution in [3.63, 3.8) is 0 Å². The van der Waals surface area contributed by atoms with Gasteiger partial charge in [0.25, 0.3) is 0 Å². The van der Waals surface area contributed by atoms with Crippen LogP contribution >= 0.6 is 0 Å². The van der Waals surface area contributed by atoms with Gasteiger partial charge in [-0.15, -0.1) is 0 Å². The van der Waals surface area contributed by atoms with E-state index in [1.165, 1.54) is 0 Å². The topological polar surface area (TPSA) is 156 Å². The van der Waals surface area contributed by atoms with E-state index in [9.17, 15) is 40.2 Å². The molecule has 8 aliphatic carbocycles. The highest BCUT2D eigenvalue weighted by atomic mass is 16.4. The lowest BCUT2D eigenvalue weighted by Crippen LogP contribution is -2.72. The Morgan fingerprint density at radius 1 is 0.589 bits per heavy atom. The third-order valence-corrected chi connectivity index (χ3v) is 21.6. The van der Waals surface area contributed by atoms with Crippen molar-refractivity contribution in [3.8, 4) is 0 Å². The third-order valence-electron chi connectivity index (χ3n) is 21.6. The Kier molecular flexibility index (Phi) is 10.5. The first-order valence-electron chi connectivity index (χ1n) is 23.4. The summed E-state index contributed by atoms with van der Waals surface area (Å²) < 4.78 is 0. The zero-order valence-corrected chi connectivity index (χ0v) is 35.7. The lowest BCUT2D eigenvalue weighted by atomic mass is 9.33. The average Bonchev–Trinajstić information content (AvgIpc) is 3.67. The van der Waals surface area contributed by atoms with Crippen LogP contribution in [0.2, 0.25) is 0 Å². The number of carboxylic acid groups (broad SMARTS) is 2. The molecule has 0 aromatic carbocycles. The van der Waals surface area contributed by atoms with Crippen LogP contribution in [0.25, 0.3) is 0 Å². The smallest absolute Gasteiger partial charge is 0.303 e. The fourth-order valence-electron chi connectivity index (χ4n) is 18.9. The molecule has 0 aliphatic heterocycles. The summed E-state index contributed by atoms with van der Waals surface area (Å²) >= 11 is 0. The van der Waals surface area contributed by atoms with Gasteiger partial charge >= 0.3 is 11.9 Å². The van der Waals surface area contributed by atoms with Crippen LogP contribution in [0.15, 0.2) is 0 Å². The molecule has 56 heavy (non-hydrogen) atoms. The molecule has 20 atom stereocenters. The molecule has 0 aromatic rings. The second-order valence-electron chi connectivity index (χ2n) is 23.3. The quantitative estimate of drug-likeness (QED) is 0.136. The summed E-state index contributed by atoms with van der Waals surface area (Å²) in [5, 5.41) is 68.8. The highest BCUT2D eigenvalue weighted by molar-refractivity contribution is 5.66. The minimum atomic E-state index is -1.03. The van der Waals surface area contributed by atoms with Gasteiger partial charge in [0.1, 0.15) is 0 Å². The molecule has 0 amide bonds. The van der Waals surface area contributed by atoms with Crippen LogP contribution in [-0.2, 0) is 9.59 Å². The number of carboxylic acids is 2. The first-order valence-corrected chi connectivity index (χ1v) is 23.4. The van der Waals surface area contributed by atoms with E-state index < -0.39 is 41.3 Å². The van der Waals surface area contributed by atoms with E-state index >= 15 is 0 Å². The van der Waals surface area contributed by atoms with Gasteiger partial charge in [0.05, 0.1) is 23.9 Å². The van der Waals surface area contributed by atoms with Crippen LogP contribution in [0.1, 0.15) is 170 Å². The molecule has 318 valence electrons. The summed E-state index contributed by atoms with van der Waals surface area (Å²) in [4.78, 5) is 22.9. The van der Waals surface area contributed by atoms with Crippen LogP contribution < -0.4 is 0 Å². The van der Waals surface area contributed by atoms with E-state index in [0.29, 0.717) is 80.0 Å². The molecule has 0 spiro atoms. The normalized spacial score (nSPS) is 54.7. The predicted molar refractivity (Wildman–Crippen MR) is 215 cm³/mol. The van der Waals surface area contributed by atoms with E-state index in [2.05, 4.69) is 41.5 Å². The number of fused-ring (bicyclic) bond motifs is 10. The maximum Gasteiger partial charge on any atom is 0.303 e. The van der Waals surface area contributed by atoms with E-state index in [-0.39, 0.29) is 58.2 Å². The van der Waals surface area contributed by atoms with E-state index in [4.69, 9.17) is 0 Å². The van der Waals surface area contributed by atoms with Crippen LogP contribution in [-0.4, -0.2) is 66.5 Å². The van der Waals surface area contributed by atoms with Gasteiger partial charge in [-0.1, -0.05) is 41.5 Å². The number of hydrogen-bond donors (Lipinski definition) is 6. The fraction of sp³-hybridized carbons (Fsp3) is 0.958. The van der Waals surface area contributed by atoms with Gasteiger partial charge in [-0.05, 0) is 202 Å². The van der Waals surface area contributed by atoms with Crippen molar-refractivity contribution < 1.29 is 40.2 Å². The van der Waals surface area contributed by atoms with Crippen molar-refractivity contribution in [2.24, 2.45) is 92.2 Å². The summed E-state index contributed by atoms with van der Waals surface area (Å²) in [7, 11) is 0. The van der Waals surface area contributed by atoms with Crippen LogP contribution in [0.4, 0.5) is 0 Å². The zero-order chi connectivity index (χ0) is 40.4. The van der Waals surface area contributed by atoms with E-state index in [1.54, 1.807) is 0 Å². The van der Waals surface area contributed by atoms with Gasteiger partial charge in [0.2, 0.25) is 0 Å². The Hall–Kier alpha value is -1.22. The summed E-state index contributed by atoms with van der Waals surface area (Å²) in [5.74, 6) is 2.30. The molecule has 0 heterocycles. The minimum Gasteiger partial charge on any atom is -0.481 e. The number of hydrogen-bond acceptors (Lipinski definition) is 6. The molecule has 6 N–H and O–H groups in total. The molecule has 0 aromatic heterocycles. The van der Waals surface area contributed by atoms with Gasteiger partial charge in [0, 0.05) is 18.3 Å². The van der Waals surface area contributed by atoms with Crippen molar-refractivity contribution in [2.75, 3.05) is 0 Å². The SMILES string of the molecule is C[C@H](CCC(=O)O)[C@H]1CC[C@H]2[C@@H]3[C@@H](O)CC4(C5(O)CC[C@@]6(C)C(CC(O)C7C6CC[C@@]6(C)C7CC[C@@H]6[C@H](C)CCC(=O)O)C5)C[C@@H](O)CC[C@]4(C)[C@H]3CC[C@]12C. The number of aliphatic carboxylic acids is 2. The zero-order valence-electron chi connectivity index (χ0n) is 35.7. The molecule has 0 saturated heterocycles. The Morgan fingerprint density at radius 3 is 1.66 bits per heavy atom. The third kappa shape index (κ3) is 5.91.